The first-order chi connectivity index (χ1) is 5.43. The van der Waals surface area contributed by atoms with E-state index in [4.69, 9.17) is 5.11 Å². The molecule has 0 spiro atoms. The zero-order valence-electron chi connectivity index (χ0n) is 7.26. The van der Waals surface area contributed by atoms with Crippen LogP contribution in [0.4, 0.5) is 0 Å². The second-order valence-corrected chi connectivity index (χ2v) is 3.79. The minimum Gasteiger partial charge on any atom is -0.480 e. The van der Waals surface area contributed by atoms with Crippen LogP contribution in [0.2, 0.25) is 0 Å². The molecule has 12 heavy (non-hydrogen) atoms. The van der Waals surface area contributed by atoms with Crippen molar-refractivity contribution in [2.45, 2.75) is 32.7 Å². The van der Waals surface area contributed by atoms with Crippen LogP contribution >= 0.6 is 0 Å². The van der Waals surface area contributed by atoms with E-state index in [1.165, 1.54) is 0 Å². The molecule has 1 saturated heterocycles. The standard InChI is InChI=1S/C8H13NO3/c1-8(2)4-3-5(6(10)11)9-7(8)12/h5H,3-4H2,1-2H3,(H,9,12)(H,10,11). The molecular weight excluding hydrogens is 158 g/mol. The number of aliphatic carboxylic acids is 1. The lowest BCUT2D eigenvalue weighted by Crippen LogP contribution is -2.51. The van der Waals surface area contributed by atoms with E-state index in [1.807, 2.05) is 13.8 Å². The van der Waals surface area contributed by atoms with E-state index in [9.17, 15) is 9.59 Å². The highest BCUT2D eigenvalue weighted by molar-refractivity contribution is 5.88. The summed E-state index contributed by atoms with van der Waals surface area (Å²) < 4.78 is 0. The number of carbonyl (C=O) groups excluding carboxylic acids is 1. The molecule has 1 aliphatic rings. The summed E-state index contributed by atoms with van der Waals surface area (Å²) in [4.78, 5) is 21.8. The minimum absolute atomic E-state index is 0.166. The van der Waals surface area contributed by atoms with Crippen molar-refractivity contribution in [3.05, 3.63) is 0 Å². The summed E-state index contributed by atoms with van der Waals surface area (Å²) in [5.41, 5.74) is -0.411. The van der Waals surface area contributed by atoms with Gasteiger partial charge in [0.1, 0.15) is 6.04 Å². The number of rotatable bonds is 1. The van der Waals surface area contributed by atoms with E-state index >= 15 is 0 Å². The lowest BCUT2D eigenvalue weighted by molar-refractivity contribution is -0.146. The lowest BCUT2D eigenvalue weighted by atomic mass is 9.82. The fraction of sp³-hybridized carbons (Fsp3) is 0.750. The number of hydrogen-bond donors (Lipinski definition) is 2. The summed E-state index contributed by atoms with van der Waals surface area (Å²) in [6.07, 6.45) is 1.16. The van der Waals surface area contributed by atoms with Gasteiger partial charge in [-0.2, -0.15) is 0 Å². The maximum Gasteiger partial charge on any atom is 0.326 e. The Morgan fingerprint density at radius 2 is 2.25 bits per heavy atom. The predicted octanol–water partition coefficient (Wildman–Crippen LogP) is 0.376. The number of piperidine rings is 1. The molecule has 68 valence electrons. The number of carbonyl (C=O) groups is 2. The number of nitrogens with one attached hydrogen (secondary N) is 1. The number of carboxylic acids is 1. The Morgan fingerprint density at radius 1 is 1.67 bits per heavy atom. The van der Waals surface area contributed by atoms with E-state index in [-0.39, 0.29) is 5.91 Å². The molecule has 1 aliphatic heterocycles. The van der Waals surface area contributed by atoms with Gasteiger partial charge in [0.05, 0.1) is 0 Å². The molecule has 1 atom stereocenters. The van der Waals surface area contributed by atoms with Crippen molar-refractivity contribution >= 4 is 11.9 Å². The topological polar surface area (TPSA) is 66.4 Å². The first-order valence-electron chi connectivity index (χ1n) is 3.97. The summed E-state index contributed by atoms with van der Waals surface area (Å²) >= 11 is 0. The van der Waals surface area contributed by atoms with Gasteiger partial charge in [0, 0.05) is 5.41 Å². The summed E-state index contributed by atoms with van der Waals surface area (Å²) in [5.74, 6) is -1.11. The normalized spacial score (nSPS) is 27.8. The molecule has 1 fully saturated rings. The van der Waals surface area contributed by atoms with Gasteiger partial charge in [0.2, 0.25) is 5.91 Å². The van der Waals surface area contributed by atoms with E-state index in [2.05, 4.69) is 5.32 Å². The number of hydrogen-bond acceptors (Lipinski definition) is 2. The highest BCUT2D eigenvalue weighted by Gasteiger charge is 2.36. The van der Waals surface area contributed by atoms with Crippen LogP contribution in [0.15, 0.2) is 0 Å². The van der Waals surface area contributed by atoms with Gasteiger partial charge < -0.3 is 10.4 Å². The van der Waals surface area contributed by atoms with Crippen molar-refractivity contribution in [2.75, 3.05) is 0 Å². The van der Waals surface area contributed by atoms with Crippen molar-refractivity contribution in [3.8, 4) is 0 Å². The lowest BCUT2D eigenvalue weighted by Gasteiger charge is -2.32. The predicted molar refractivity (Wildman–Crippen MR) is 42.6 cm³/mol. The molecule has 0 bridgehead atoms. The van der Waals surface area contributed by atoms with Gasteiger partial charge in [-0.05, 0) is 12.8 Å². The second-order valence-electron chi connectivity index (χ2n) is 3.79. The SMILES string of the molecule is CC1(C)CCC(C(=O)O)NC1=O. The third kappa shape index (κ3) is 1.57. The summed E-state index contributed by atoms with van der Waals surface area (Å²) in [7, 11) is 0. The monoisotopic (exact) mass is 171 g/mol. The van der Waals surface area contributed by atoms with E-state index in [0.29, 0.717) is 12.8 Å². The Bertz CT molecular complexity index is 222. The molecule has 0 aromatic rings. The molecule has 1 unspecified atom stereocenters. The van der Waals surface area contributed by atoms with Crippen LogP contribution in [0.25, 0.3) is 0 Å². The van der Waals surface area contributed by atoms with Crippen LogP contribution in [0.3, 0.4) is 0 Å². The van der Waals surface area contributed by atoms with E-state index in [0.717, 1.165) is 0 Å². The highest BCUT2D eigenvalue weighted by Crippen LogP contribution is 2.27. The Morgan fingerprint density at radius 3 is 2.67 bits per heavy atom. The van der Waals surface area contributed by atoms with Crippen molar-refractivity contribution in [2.24, 2.45) is 5.41 Å². The van der Waals surface area contributed by atoms with Crippen LogP contribution in [-0.2, 0) is 9.59 Å². The van der Waals surface area contributed by atoms with Gasteiger partial charge in [-0.25, -0.2) is 4.79 Å². The van der Waals surface area contributed by atoms with Crippen LogP contribution in [0.1, 0.15) is 26.7 Å². The zero-order chi connectivity index (χ0) is 9.35. The van der Waals surface area contributed by atoms with Gasteiger partial charge in [-0.15, -0.1) is 0 Å². The van der Waals surface area contributed by atoms with Gasteiger partial charge in [0.25, 0.3) is 0 Å². The Labute approximate surface area is 71.0 Å². The number of carboxylic acid groups (broad SMARTS) is 1. The largest absolute Gasteiger partial charge is 0.480 e. The molecule has 0 aromatic carbocycles. The second kappa shape index (κ2) is 2.77. The molecule has 0 radical (unpaired) electrons. The molecular formula is C8H13NO3. The molecule has 0 aromatic heterocycles. The maximum atomic E-state index is 11.3. The fourth-order valence-electron chi connectivity index (χ4n) is 1.23. The maximum absolute atomic E-state index is 11.3. The molecule has 4 nitrogen and oxygen atoms in total. The average Bonchev–Trinajstić information content (AvgIpc) is 1.94. The van der Waals surface area contributed by atoms with Crippen LogP contribution in [0, 0.1) is 5.41 Å². The first-order valence-corrected chi connectivity index (χ1v) is 3.97. The minimum atomic E-state index is -0.946. The summed E-state index contributed by atoms with van der Waals surface area (Å²) in [6, 6.07) is -0.689. The Hall–Kier alpha value is -1.06. The Balaban J connectivity index is 2.64. The fourth-order valence-corrected chi connectivity index (χ4v) is 1.23. The third-order valence-corrected chi connectivity index (χ3v) is 2.28. The summed E-state index contributed by atoms with van der Waals surface area (Å²) in [6.45, 7) is 3.64. The van der Waals surface area contributed by atoms with E-state index < -0.39 is 17.4 Å². The zero-order valence-corrected chi connectivity index (χ0v) is 7.26. The van der Waals surface area contributed by atoms with Gasteiger partial charge in [-0.3, -0.25) is 4.79 Å². The highest BCUT2D eigenvalue weighted by atomic mass is 16.4. The van der Waals surface area contributed by atoms with Gasteiger partial charge >= 0.3 is 5.97 Å². The van der Waals surface area contributed by atoms with Crippen LogP contribution < -0.4 is 5.32 Å². The van der Waals surface area contributed by atoms with Crippen molar-refractivity contribution in [3.63, 3.8) is 0 Å². The van der Waals surface area contributed by atoms with Crippen molar-refractivity contribution in [1.82, 2.24) is 5.32 Å². The molecule has 0 aliphatic carbocycles. The van der Waals surface area contributed by atoms with Crippen molar-refractivity contribution < 1.29 is 14.7 Å². The molecule has 1 amide bonds. The summed E-state index contributed by atoms with van der Waals surface area (Å²) in [5, 5.41) is 11.1. The molecule has 2 N–H and O–H groups in total. The van der Waals surface area contributed by atoms with Crippen LogP contribution in [0.5, 0.6) is 0 Å². The number of amides is 1. The molecule has 1 heterocycles. The van der Waals surface area contributed by atoms with Gasteiger partial charge in [-0.1, -0.05) is 13.8 Å². The third-order valence-electron chi connectivity index (χ3n) is 2.28. The molecule has 1 rings (SSSR count). The Kier molecular flexibility index (Phi) is 2.08. The van der Waals surface area contributed by atoms with Gasteiger partial charge in [0.15, 0.2) is 0 Å². The first kappa shape index (κ1) is 9.03. The van der Waals surface area contributed by atoms with E-state index in [1.54, 1.807) is 0 Å². The molecule has 0 saturated carbocycles. The van der Waals surface area contributed by atoms with Crippen LogP contribution in [-0.4, -0.2) is 23.0 Å². The molecule has 4 heteroatoms. The smallest absolute Gasteiger partial charge is 0.326 e. The average molecular weight is 171 g/mol. The quantitative estimate of drug-likeness (QED) is 0.599. The van der Waals surface area contributed by atoms with Crippen molar-refractivity contribution in [1.29, 1.82) is 0 Å².